The normalized spacial score (nSPS) is 32.2. The van der Waals surface area contributed by atoms with E-state index >= 15 is 0 Å². The summed E-state index contributed by atoms with van der Waals surface area (Å²) in [4.78, 5) is 0. The maximum Gasteiger partial charge on any atom is 0.0842 e. The van der Waals surface area contributed by atoms with E-state index in [9.17, 15) is 0 Å². The summed E-state index contributed by atoms with van der Waals surface area (Å²) in [6.45, 7) is 7.57. The van der Waals surface area contributed by atoms with Crippen LogP contribution in [-0.2, 0) is 0 Å². The van der Waals surface area contributed by atoms with Crippen molar-refractivity contribution in [2.75, 3.05) is 0 Å². The third kappa shape index (κ3) is 2.30. The second kappa shape index (κ2) is 5.52. The first-order chi connectivity index (χ1) is 9.64. The Morgan fingerprint density at radius 2 is 1.90 bits per heavy atom. The Kier molecular flexibility index (Phi) is 3.90. The predicted octanol–water partition coefficient (Wildman–Crippen LogP) is 5.81. The zero-order valence-electron chi connectivity index (χ0n) is 13.2. The zero-order valence-corrected chi connectivity index (χ0v) is 14.2. The van der Waals surface area contributed by atoms with Crippen LogP contribution in [0.3, 0.4) is 0 Å². The van der Waals surface area contributed by atoms with Crippen LogP contribution >= 0.6 is 0 Å². The molecule has 0 nitrogen and oxygen atoms in total. The first kappa shape index (κ1) is 14.1. The number of hydrogen-bond acceptors (Lipinski definition) is 0. The largest absolute Gasteiger partial charge is 0.0842 e. The van der Waals surface area contributed by atoms with E-state index in [4.69, 9.17) is 0 Å². The van der Waals surface area contributed by atoms with Gasteiger partial charge in [0.2, 0.25) is 0 Å². The van der Waals surface area contributed by atoms with Crippen molar-refractivity contribution in [3.63, 3.8) is 0 Å². The highest BCUT2D eigenvalue weighted by Crippen LogP contribution is 2.52. The molecule has 3 aliphatic carbocycles. The third-order valence-electron chi connectivity index (χ3n) is 5.75. The second-order valence-electron chi connectivity index (χ2n) is 7.25. The van der Waals surface area contributed by atoms with Crippen molar-refractivity contribution in [2.45, 2.75) is 57.7 Å². The lowest BCUT2D eigenvalue weighted by Gasteiger charge is -2.37. The fourth-order valence-electron chi connectivity index (χ4n) is 4.74. The van der Waals surface area contributed by atoms with E-state index in [0.717, 1.165) is 17.4 Å². The van der Waals surface area contributed by atoms with Gasteiger partial charge in [0, 0.05) is 0 Å². The van der Waals surface area contributed by atoms with Crippen LogP contribution in [0.1, 0.15) is 39.0 Å². The quantitative estimate of drug-likeness (QED) is 0.571. The maximum absolute atomic E-state index is 2.63. The molecule has 1 heteroatoms. The van der Waals surface area contributed by atoms with Crippen LogP contribution in [-0.4, -0.2) is 8.07 Å². The molecule has 0 bridgehead atoms. The average molecular weight is 285 g/mol. The summed E-state index contributed by atoms with van der Waals surface area (Å²) in [6.07, 6.45) is 21.2. The summed E-state index contributed by atoms with van der Waals surface area (Å²) in [5.41, 5.74) is 2.64. The molecule has 0 radical (unpaired) electrons. The summed E-state index contributed by atoms with van der Waals surface area (Å²) in [6, 6.07) is 0. The molecular formula is C19H28Si. The van der Waals surface area contributed by atoms with Crippen molar-refractivity contribution in [3.8, 4) is 0 Å². The lowest BCUT2D eigenvalue weighted by atomic mass is 9.92. The van der Waals surface area contributed by atoms with Crippen LogP contribution in [0.5, 0.6) is 0 Å². The summed E-state index contributed by atoms with van der Waals surface area (Å²) < 4.78 is 0. The molecule has 0 aromatic heterocycles. The highest BCUT2D eigenvalue weighted by molar-refractivity contribution is 6.86. The van der Waals surface area contributed by atoms with Gasteiger partial charge in [-0.1, -0.05) is 80.1 Å². The molecule has 0 saturated heterocycles. The Bertz CT molecular complexity index is 490. The maximum atomic E-state index is 2.63. The van der Waals surface area contributed by atoms with Crippen LogP contribution in [0, 0.1) is 11.8 Å². The van der Waals surface area contributed by atoms with Gasteiger partial charge in [-0.3, -0.25) is 0 Å². The fourth-order valence-corrected chi connectivity index (χ4v) is 9.05. The van der Waals surface area contributed by atoms with E-state index in [0.29, 0.717) is 0 Å². The van der Waals surface area contributed by atoms with Gasteiger partial charge in [0.1, 0.15) is 0 Å². The van der Waals surface area contributed by atoms with Crippen LogP contribution in [0.25, 0.3) is 0 Å². The lowest BCUT2D eigenvalue weighted by Crippen LogP contribution is -2.38. The van der Waals surface area contributed by atoms with Crippen molar-refractivity contribution in [1.82, 2.24) is 0 Å². The van der Waals surface area contributed by atoms with Crippen molar-refractivity contribution in [1.29, 1.82) is 0 Å². The Balaban J connectivity index is 1.84. The molecule has 0 aromatic carbocycles. The van der Waals surface area contributed by atoms with Gasteiger partial charge in [0.15, 0.2) is 0 Å². The first-order valence-corrected chi connectivity index (χ1v) is 11.5. The summed E-state index contributed by atoms with van der Waals surface area (Å²) >= 11 is 0. The van der Waals surface area contributed by atoms with Gasteiger partial charge in [0.05, 0.1) is 8.07 Å². The molecule has 3 rings (SSSR count). The monoisotopic (exact) mass is 284 g/mol. The van der Waals surface area contributed by atoms with Gasteiger partial charge in [-0.15, -0.1) is 0 Å². The summed E-state index contributed by atoms with van der Waals surface area (Å²) in [5.74, 6) is 1.66. The molecule has 0 heterocycles. The van der Waals surface area contributed by atoms with E-state index < -0.39 is 8.07 Å². The molecule has 0 amide bonds. The molecule has 0 aliphatic heterocycles. The number of hydrogen-bond donors (Lipinski definition) is 0. The second-order valence-corrected chi connectivity index (χ2v) is 12.0. The average Bonchev–Trinajstić information content (AvgIpc) is 3.05. The van der Waals surface area contributed by atoms with E-state index in [-0.39, 0.29) is 0 Å². The first-order valence-electron chi connectivity index (χ1n) is 8.39. The Morgan fingerprint density at radius 3 is 2.70 bits per heavy atom. The van der Waals surface area contributed by atoms with Gasteiger partial charge in [-0.2, -0.15) is 0 Å². The van der Waals surface area contributed by atoms with E-state index in [2.05, 4.69) is 56.5 Å². The van der Waals surface area contributed by atoms with Gasteiger partial charge in [-0.25, -0.2) is 0 Å². The van der Waals surface area contributed by atoms with Gasteiger partial charge < -0.3 is 0 Å². The topological polar surface area (TPSA) is 0 Å². The van der Waals surface area contributed by atoms with Crippen molar-refractivity contribution in [2.24, 2.45) is 11.8 Å². The Hall–Kier alpha value is -0.823. The Morgan fingerprint density at radius 1 is 1.10 bits per heavy atom. The van der Waals surface area contributed by atoms with Crippen LogP contribution < -0.4 is 0 Å². The molecule has 108 valence electrons. The molecule has 1 saturated carbocycles. The van der Waals surface area contributed by atoms with Crippen molar-refractivity contribution < 1.29 is 0 Å². The summed E-state index contributed by atoms with van der Waals surface area (Å²) in [7, 11) is -1.34. The fraction of sp³-hybridized carbons (Fsp3) is 0.579. The van der Waals surface area contributed by atoms with Crippen LogP contribution in [0.15, 0.2) is 47.2 Å². The number of allylic oxidation sites excluding steroid dienone is 8. The molecular weight excluding hydrogens is 256 g/mol. The van der Waals surface area contributed by atoms with Gasteiger partial charge >= 0.3 is 0 Å². The predicted molar refractivity (Wildman–Crippen MR) is 91.4 cm³/mol. The highest BCUT2D eigenvalue weighted by atomic mass is 28.3. The minimum atomic E-state index is -1.34. The molecule has 3 atom stereocenters. The molecule has 0 aromatic rings. The summed E-state index contributed by atoms with van der Waals surface area (Å²) in [5, 5.41) is 1.80. The van der Waals surface area contributed by atoms with E-state index in [1.54, 1.807) is 10.8 Å². The van der Waals surface area contributed by atoms with Crippen LogP contribution in [0.2, 0.25) is 18.6 Å². The molecule has 20 heavy (non-hydrogen) atoms. The standard InChI is InChI=1S/C19H28Si/c1-4-8-16-10-7-12-18(16)20(2,3)19-14-13-15-9-5-6-11-17(15)19/h5-6,9-12,15,17,19H,4,7-8,13-14H2,1-3H3. The van der Waals surface area contributed by atoms with E-state index in [1.807, 2.05) is 0 Å². The molecule has 3 unspecified atom stereocenters. The van der Waals surface area contributed by atoms with E-state index in [1.165, 1.54) is 32.1 Å². The molecule has 1 fully saturated rings. The number of rotatable bonds is 4. The van der Waals surface area contributed by atoms with Gasteiger partial charge in [-0.05, 0) is 36.6 Å². The molecule has 0 spiro atoms. The number of fused-ring (bicyclic) bond motifs is 1. The minimum Gasteiger partial charge on any atom is -0.0812 e. The third-order valence-corrected chi connectivity index (χ3v) is 10.2. The SMILES string of the molecule is CCCC1=CCC=C1[Si](C)(C)C1CCC2C=CC=CC21. The lowest BCUT2D eigenvalue weighted by molar-refractivity contribution is 0.545. The van der Waals surface area contributed by atoms with Crippen LogP contribution in [0.4, 0.5) is 0 Å². The molecule has 3 aliphatic rings. The Labute approximate surface area is 125 Å². The zero-order chi connectivity index (χ0) is 14.2. The van der Waals surface area contributed by atoms with Crippen molar-refractivity contribution in [3.05, 3.63) is 47.2 Å². The highest BCUT2D eigenvalue weighted by Gasteiger charge is 2.46. The van der Waals surface area contributed by atoms with Crippen molar-refractivity contribution >= 4 is 8.07 Å². The minimum absolute atomic E-state index is 0.825. The van der Waals surface area contributed by atoms with Gasteiger partial charge in [0.25, 0.3) is 0 Å². The smallest absolute Gasteiger partial charge is 0.0812 e. The molecule has 0 N–H and O–H groups in total.